The van der Waals surface area contributed by atoms with Gasteiger partial charge in [-0.1, -0.05) is 6.92 Å². The molecule has 22 heavy (non-hydrogen) atoms. The molecule has 1 aromatic rings. The van der Waals surface area contributed by atoms with E-state index in [0.717, 1.165) is 5.69 Å². The zero-order chi connectivity index (χ0) is 16.9. The van der Waals surface area contributed by atoms with Gasteiger partial charge < -0.3 is 15.7 Å². The van der Waals surface area contributed by atoms with E-state index in [1.54, 1.807) is 10.7 Å². The number of aliphatic hydroxyl groups is 1. The van der Waals surface area contributed by atoms with Gasteiger partial charge in [0.1, 0.15) is 5.82 Å². The van der Waals surface area contributed by atoms with Crippen LogP contribution in [-0.4, -0.2) is 39.4 Å². The van der Waals surface area contributed by atoms with E-state index in [-0.39, 0.29) is 18.2 Å². The summed E-state index contributed by atoms with van der Waals surface area (Å²) in [5.41, 5.74) is 0.452. The molecule has 0 saturated heterocycles. The Morgan fingerprint density at radius 2 is 2.00 bits per heavy atom. The van der Waals surface area contributed by atoms with Crippen molar-refractivity contribution in [1.82, 2.24) is 15.1 Å². The van der Waals surface area contributed by atoms with Gasteiger partial charge in [0, 0.05) is 18.7 Å². The Balaban J connectivity index is 2.79. The number of nitrogens with zero attached hydrogens (tertiary/aromatic N) is 2. The number of carbonyl (C=O) groups excluding carboxylic acids is 2. The number of carbonyl (C=O) groups is 2. The van der Waals surface area contributed by atoms with Gasteiger partial charge in [0.25, 0.3) is 0 Å². The van der Waals surface area contributed by atoms with E-state index in [4.69, 9.17) is 5.11 Å². The lowest BCUT2D eigenvalue weighted by molar-refractivity contribution is -0.136. The van der Waals surface area contributed by atoms with Gasteiger partial charge >= 0.3 is 11.8 Å². The van der Waals surface area contributed by atoms with E-state index in [1.165, 1.54) is 0 Å². The fourth-order valence-electron chi connectivity index (χ4n) is 2.06. The third-order valence-corrected chi connectivity index (χ3v) is 3.22. The summed E-state index contributed by atoms with van der Waals surface area (Å²) in [4.78, 5) is 24.0. The number of aryl methyl sites for hydroxylation is 1. The molecule has 0 fully saturated rings. The number of amides is 2. The molecule has 0 radical (unpaired) electrons. The molecule has 2 amide bonds. The molecule has 0 saturated carbocycles. The summed E-state index contributed by atoms with van der Waals surface area (Å²) in [7, 11) is 0. The highest BCUT2D eigenvalue weighted by molar-refractivity contribution is 6.39. The number of hydrogen-bond donors (Lipinski definition) is 3. The summed E-state index contributed by atoms with van der Waals surface area (Å²) in [6.07, 6.45) is 1.08. The molecule has 1 heterocycles. The molecule has 0 spiro atoms. The van der Waals surface area contributed by atoms with Crippen molar-refractivity contribution in [2.75, 3.05) is 11.9 Å². The van der Waals surface area contributed by atoms with Crippen molar-refractivity contribution in [3.63, 3.8) is 0 Å². The highest BCUT2D eigenvalue weighted by atomic mass is 16.3. The molecule has 1 atom stereocenters. The van der Waals surface area contributed by atoms with Gasteiger partial charge in [0.15, 0.2) is 0 Å². The molecular formula is C15H26N4O3. The Labute approximate surface area is 131 Å². The topological polar surface area (TPSA) is 96.2 Å². The smallest absolute Gasteiger partial charge is 0.314 e. The SMILES string of the molecule is CCC(CCO)NC(=O)C(=O)Nc1cc(C)nn1C(C)(C)C. The summed E-state index contributed by atoms with van der Waals surface area (Å²) < 4.78 is 1.68. The lowest BCUT2D eigenvalue weighted by Gasteiger charge is -2.22. The number of aromatic nitrogens is 2. The monoisotopic (exact) mass is 310 g/mol. The van der Waals surface area contributed by atoms with E-state index in [1.807, 2.05) is 34.6 Å². The quantitative estimate of drug-likeness (QED) is 0.711. The fourth-order valence-corrected chi connectivity index (χ4v) is 2.06. The lowest BCUT2D eigenvalue weighted by Crippen LogP contribution is -2.42. The molecule has 7 heteroatoms. The van der Waals surface area contributed by atoms with Crippen LogP contribution in [-0.2, 0) is 15.1 Å². The second-order valence-electron chi connectivity index (χ2n) is 6.30. The highest BCUT2D eigenvalue weighted by Gasteiger charge is 2.23. The first-order chi connectivity index (χ1) is 10.2. The summed E-state index contributed by atoms with van der Waals surface area (Å²) in [6, 6.07) is 1.51. The Bertz CT molecular complexity index is 531. The molecule has 0 aliphatic heterocycles. The molecule has 1 unspecified atom stereocenters. The maximum absolute atomic E-state index is 12.0. The second-order valence-corrected chi connectivity index (χ2v) is 6.30. The van der Waals surface area contributed by atoms with Gasteiger partial charge in [-0.2, -0.15) is 5.10 Å². The molecule has 124 valence electrons. The lowest BCUT2D eigenvalue weighted by atomic mass is 10.1. The Kier molecular flexibility index (Phi) is 6.11. The van der Waals surface area contributed by atoms with Gasteiger partial charge in [-0.05, 0) is 40.5 Å². The number of anilines is 1. The zero-order valence-electron chi connectivity index (χ0n) is 13.9. The van der Waals surface area contributed by atoms with Crippen LogP contribution in [0.15, 0.2) is 6.07 Å². The number of nitrogens with one attached hydrogen (secondary N) is 2. The number of aliphatic hydroxyl groups excluding tert-OH is 1. The first-order valence-corrected chi connectivity index (χ1v) is 7.48. The molecule has 3 N–H and O–H groups in total. The fraction of sp³-hybridized carbons (Fsp3) is 0.667. The zero-order valence-corrected chi connectivity index (χ0v) is 13.9. The van der Waals surface area contributed by atoms with E-state index in [9.17, 15) is 9.59 Å². The third-order valence-electron chi connectivity index (χ3n) is 3.22. The van der Waals surface area contributed by atoms with Crippen LogP contribution in [0.1, 0.15) is 46.2 Å². The summed E-state index contributed by atoms with van der Waals surface area (Å²) in [5, 5.41) is 18.5. The number of hydrogen-bond acceptors (Lipinski definition) is 4. The van der Waals surface area contributed by atoms with Crippen LogP contribution in [0, 0.1) is 6.92 Å². The van der Waals surface area contributed by atoms with Crippen molar-refractivity contribution in [3.8, 4) is 0 Å². The van der Waals surface area contributed by atoms with Crippen molar-refractivity contribution in [2.24, 2.45) is 0 Å². The molecule has 1 rings (SSSR count). The van der Waals surface area contributed by atoms with Crippen LogP contribution in [0.3, 0.4) is 0 Å². The van der Waals surface area contributed by atoms with E-state index in [2.05, 4.69) is 15.7 Å². The van der Waals surface area contributed by atoms with Gasteiger partial charge in [0.05, 0.1) is 11.2 Å². The predicted octanol–water partition coefficient (Wildman–Crippen LogP) is 1.16. The van der Waals surface area contributed by atoms with Gasteiger partial charge in [-0.25, -0.2) is 4.68 Å². The molecule has 0 aliphatic carbocycles. The maximum Gasteiger partial charge on any atom is 0.314 e. The average Bonchev–Trinajstić information content (AvgIpc) is 2.78. The molecule has 1 aromatic heterocycles. The van der Waals surface area contributed by atoms with Gasteiger partial charge in [0.2, 0.25) is 0 Å². The minimum absolute atomic E-state index is 0.0314. The first-order valence-electron chi connectivity index (χ1n) is 7.48. The van der Waals surface area contributed by atoms with Gasteiger partial charge in [-0.15, -0.1) is 0 Å². The van der Waals surface area contributed by atoms with Crippen molar-refractivity contribution < 1.29 is 14.7 Å². The standard InChI is InChI=1S/C15H26N4O3/c1-6-11(7-8-20)16-13(21)14(22)17-12-9-10(2)18-19(12)15(3,4)5/h9,11,20H,6-8H2,1-5H3,(H,16,21)(H,17,22). The highest BCUT2D eigenvalue weighted by Crippen LogP contribution is 2.21. The molecule has 0 aliphatic rings. The first kappa shape index (κ1) is 18.2. The van der Waals surface area contributed by atoms with Crippen molar-refractivity contribution in [3.05, 3.63) is 11.8 Å². The summed E-state index contributed by atoms with van der Waals surface area (Å²) in [6.45, 7) is 9.57. The average molecular weight is 310 g/mol. The Morgan fingerprint density at radius 1 is 1.36 bits per heavy atom. The van der Waals surface area contributed by atoms with E-state index < -0.39 is 11.8 Å². The van der Waals surface area contributed by atoms with Crippen molar-refractivity contribution >= 4 is 17.6 Å². The summed E-state index contributed by atoms with van der Waals surface area (Å²) >= 11 is 0. The number of rotatable bonds is 5. The normalized spacial score (nSPS) is 12.8. The Morgan fingerprint density at radius 3 is 2.50 bits per heavy atom. The summed E-state index contributed by atoms with van der Waals surface area (Å²) in [5.74, 6) is -0.957. The molecule has 0 aromatic carbocycles. The van der Waals surface area contributed by atoms with Crippen LogP contribution in [0.25, 0.3) is 0 Å². The molecule has 0 bridgehead atoms. The van der Waals surface area contributed by atoms with Gasteiger partial charge in [-0.3, -0.25) is 9.59 Å². The Hall–Kier alpha value is -1.89. The minimum Gasteiger partial charge on any atom is -0.396 e. The van der Waals surface area contributed by atoms with Crippen molar-refractivity contribution in [2.45, 2.75) is 59.0 Å². The molecule has 7 nitrogen and oxygen atoms in total. The van der Waals surface area contributed by atoms with Crippen molar-refractivity contribution in [1.29, 1.82) is 0 Å². The van der Waals surface area contributed by atoms with Crippen LogP contribution in [0.2, 0.25) is 0 Å². The minimum atomic E-state index is -0.734. The van der Waals surface area contributed by atoms with E-state index >= 15 is 0 Å². The maximum atomic E-state index is 12.0. The third kappa shape index (κ3) is 4.84. The predicted molar refractivity (Wildman–Crippen MR) is 84.5 cm³/mol. The van der Waals surface area contributed by atoms with Crippen LogP contribution in [0.5, 0.6) is 0 Å². The second kappa shape index (κ2) is 7.40. The van der Waals surface area contributed by atoms with Crippen LogP contribution in [0.4, 0.5) is 5.82 Å². The van der Waals surface area contributed by atoms with E-state index in [0.29, 0.717) is 18.7 Å². The van der Waals surface area contributed by atoms with Crippen LogP contribution < -0.4 is 10.6 Å². The largest absolute Gasteiger partial charge is 0.396 e. The molecular weight excluding hydrogens is 284 g/mol. The van der Waals surface area contributed by atoms with Crippen LogP contribution >= 0.6 is 0 Å².